The SMILES string of the molecule is CN(Cc1ccccc1)c1nc(Cl)nc2c1cnn2C1CCC(COCP(O)O)O1. The molecular weight excluding hydrogens is 429 g/mol. The molecule has 2 unspecified atom stereocenters. The van der Waals surface area contributed by atoms with Crippen molar-refractivity contribution < 1.29 is 19.3 Å². The van der Waals surface area contributed by atoms with Crippen molar-refractivity contribution in [2.75, 3.05) is 24.9 Å². The van der Waals surface area contributed by atoms with Gasteiger partial charge in [0.15, 0.2) is 20.3 Å². The van der Waals surface area contributed by atoms with E-state index in [2.05, 4.69) is 27.2 Å². The maximum Gasteiger partial charge on any atom is 0.226 e. The monoisotopic (exact) mass is 451 g/mol. The molecule has 0 radical (unpaired) electrons. The molecule has 2 N–H and O–H groups in total. The highest BCUT2D eigenvalue weighted by Crippen LogP contribution is 2.33. The molecule has 9 nitrogen and oxygen atoms in total. The number of nitrogens with zero attached hydrogens (tertiary/aromatic N) is 5. The fourth-order valence-electron chi connectivity index (χ4n) is 3.57. The number of hydrogen-bond acceptors (Lipinski definition) is 8. The Bertz CT molecular complexity index is 990. The van der Waals surface area contributed by atoms with Gasteiger partial charge in [0.1, 0.15) is 12.2 Å². The Kier molecular flexibility index (Phi) is 6.77. The molecular formula is C19H23ClN5O4P. The minimum absolute atomic E-state index is 0.0789. The second kappa shape index (κ2) is 9.51. The van der Waals surface area contributed by atoms with Crippen LogP contribution in [-0.2, 0) is 16.0 Å². The Hall–Kier alpha value is -1.87. The van der Waals surface area contributed by atoms with E-state index in [4.69, 9.17) is 30.9 Å². The highest BCUT2D eigenvalue weighted by atomic mass is 35.5. The van der Waals surface area contributed by atoms with Gasteiger partial charge < -0.3 is 24.2 Å². The number of anilines is 1. The van der Waals surface area contributed by atoms with Gasteiger partial charge in [0.05, 0.1) is 24.3 Å². The van der Waals surface area contributed by atoms with Gasteiger partial charge in [-0.1, -0.05) is 30.3 Å². The molecule has 3 aromatic rings. The van der Waals surface area contributed by atoms with E-state index in [0.717, 1.165) is 23.8 Å². The third-order valence-electron chi connectivity index (χ3n) is 4.90. The van der Waals surface area contributed by atoms with Crippen LogP contribution in [0.5, 0.6) is 0 Å². The van der Waals surface area contributed by atoms with Crippen molar-refractivity contribution >= 4 is 36.8 Å². The first kappa shape index (κ1) is 21.4. The molecule has 1 aromatic carbocycles. The van der Waals surface area contributed by atoms with Crippen LogP contribution in [0.1, 0.15) is 24.6 Å². The minimum Gasteiger partial charge on any atom is -0.369 e. The quantitative estimate of drug-likeness (QED) is 0.397. The number of benzene rings is 1. The van der Waals surface area contributed by atoms with E-state index in [1.807, 2.05) is 30.1 Å². The third-order valence-corrected chi connectivity index (χ3v) is 5.48. The van der Waals surface area contributed by atoms with E-state index in [1.165, 1.54) is 0 Å². The van der Waals surface area contributed by atoms with Crippen LogP contribution in [0, 0.1) is 0 Å². The predicted molar refractivity (Wildman–Crippen MR) is 114 cm³/mol. The van der Waals surface area contributed by atoms with Gasteiger partial charge in [-0.05, 0) is 30.0 Å². The predicted octanol–water partition coefficient (Wildman–Crippen LogP) is 3.06. The van der Waals surface area contributed by atoms with E-state index in [-0.39, 0.29) is 24.0 Å². The van der Waals surface area contributed by atoms with E-state index in [0.29, 0.717) is 24.6 Å². The molecule has 1 aliphatic heterocycles. The average Bonchev–Trinajstić information content (AvgIpc) is 3.34. The molecule has 2 atom stereocenters. The highest BCUT2D eigenvalue weighted by Gasteiger charge is 2.29. The van der Waals surface area contributed by atoms with Gasteiger partial charge in [0, 0.05) is 13.6 Å². The molecule has 2 aromatic heterocycles. The van der Waals surface area contributed by atoms with Crippen molar-refractivity contribution in [1.82, 2.24) is 19.7 Å². The molecule has 1 fully saturated rings. The summed E-state index contributed by atoms with van der Waals surface area (Å²) in [6.45, 7) is 0.975. The lowest BCUT2D eigenvalue weighted by atomic mass is 10.2. The molecule has 11 heteroatoms. The standard InChI is InChI=1S/C19H23ClN5O4P/c1-24(10-13-5-3-2-4-6-13)17-15-9-21-25(18(15)23-19(20)22-17)16-8-7-14(29-16)11-28-12-30(26)27/h2-6,9,14,16,26-27H,7-8,10-12H2,1H3. The van der Waals surface area contributed by atoms with E-state index >= 15 is 0 Å². The number of rotatable bonds is 8. The van der Waals surface area contributed by atoms with Crippen LogP contribution in [0.25, 0.3) is 11.0 Å². The van der Waals surface area contributed by atoms with Gasteiger partial charge in [-0.15, -0.1) is 0 Å². The summed E-state index contributed by atoms with van der Waals surface area (Å²) in [5.41, 5.74) is 1.78. The Balaban J connectivity index is 1.52. The Morgan fingerprint density at radius 1 is 1.27 bits per heavy atom. The number of ether oxygens (including phenoxy) is 2. The summed E-state index contributed by atoms with van der Waals surface area (Å²) in [5.74, 6) is 0.706. The number of halogens is 1. The largest absolute Gasteiger partial charge is 0.369 e. The van der Waals surface area contributed by atoms with Crippen LogP contribution >= 0.6 is 20.0 Å². The molecule has 3 heterocycles. The van der Waals surface area contributed by atoms with Crippen LogP contribution in [0.15, 0.2) is 36.5 Å². The van der Waals surface area contributed by atoms with Gasteiger partial charge in [0.25, 0.3) is 0 Å². The molecule has 30 heavy (non-hydrogen) atoms. The Morgan fingerprint density at radius 3 is 2.83 bits per heavy atom. The van der Waals surface area contributed by atoms with Crippen molar-refractivity contribution in [3.05, 3.63) is 47.4 Å². The fourth-order valence-corrected chi connectivity index (χ4v) is 4.00. The van der Waals surface area contributed by atoms with E-state index in [1.54, 1.807) is 10.9 Å². The smallest absolute Gasteiger partial charge is 0.226 e. The van der Waals surface area contributed by atoms with Gasteiger partial charge >= 0.3 is 0 Å². The summed E-state index contributed by atoms with van der Waals surface area (Å²) in [5, 5.41) is 5.45. The first-order valence-electron chi connectivity index (χ1n) is 9.55. The second-order valence-corrected chi connectivity index (χ2v) is 8.49. The molecule has 4 rings (SSSR count). The van der Waals surface area contributed by atoms with Crippen LogP contribution in [0.4, 0.5) is 5.82 Å². The molecule has 1 aliphatic rings. The highest BCUT2D eigenvalue weighted by molar-refractivity contribution is 7.44. The summed E-state index contributed by atoms with van der Waals surface area (Å²) in [6.07, 6.45) is 2.75. The van der Waals surface area contributed by atoms with Crippen molar-refractivity contribution in [2.24, 2.45) is 0 Å². The molecule has 0 amide bonds. The van der Waals surface area contributed by atoms with Gasteiger partial charge in [0.2, 0.25) is 5.28 Å². The Labute approximate surface area is 180 Å². The number of hydrogen-bond donors (Lipinski definition) is 2. The van der Waals surface area contributed by atoms with Crippen molar-refractivity contribution in [1.29, 1.82) is 0 Å². The first-order chi connectivity index (χ1) is 14.5. The molecule has 0 spiro atoms. The number of aromatic nitrogens is 4. The summed E-state index contributed by atoms with van der Waals surface area (Å²) < 4.78 is 13.0. The van der Waals surface area contributed by atoms with Crippen LogP contribution in [0.2, 0.25) is 5.28 Å². The van der Waals surface area contributed by atoms with Crippen LogP contribution in [-0.4, -0.2) is 55.6 Å². The summed E-state index contributed by atoms with van der Waals surface area (Å²) >= 11 is 6.24. The minimum atomic E-state index is -2.06. The van der Waals surface area contributed by atoms with Crippen molar-refractivity contribution in [3.8, 4) is 0 Å². The van der Waals surface area contributed by atoms with Crippen LogP contribution in [0.3, 0.4) is 0 Å². The van der Waals surface area contributed by atoms with Crippen molar-refractivity contribution in [2.45, 2.75) is 31.7 Å². The Morgan fingerprint density at radius 2 is 2.07 bits per heavy atom. The van der Waals surface area contributed by atoms with Crippen molar-refractivity contribution in [3.63, 3.8) is 0 Å². The summed E-state index contributed by atoms with van der Waals surface area (Å²) in [6, 6.07) is 10.1. The normalized spacial score (nSPS) is 19.1. The zero-order chi connectivity index (χ0) is 21.1. The van der Waals surface area contributed by atoms with Gasteiger partial charge in [-0.3, -0.25) is 0 Å². The lowest BCUT2D eigenvalue weighted by Crippen LogP contribution is -2.19. The van der Waals surface area contributed by atoms with Crippen LogP contribution < -0.4 is 4.90 Å². The third kappa shape index (κ3) is 4.88. The molecule has 0 saturated carbocycles. The lowest BCUT2D eigenvalue weighted by Gasteiger charge is -2.19. The number of fused-ring (bicyclic) bond motifs is 1. The molecule has 0 aliphatic carbocycles. The maximum absolute atomic E-state index is 8.95. The topological polar surface area (TPSA) is 106 Å². The molecule has 160 valence electrons. The van der Waals surface area contributed by atoms with E-state index in [9.17, 15) is 0 Å². The van der Waals surface area contributed by atoms with Gasteiger partial charge in [-0.25, -0.2) is 4.68 Å². The summed E-state index contributed by atoms with van der Waals surface area (Å²) in [4.78, 5) is 28.7. The van der Waals surface area contributed by atoms with E-state index < -0.39 is 8.38 Å². The fraction of sp³-hybridized carbons (Fsp3) is 0.421. The zero-order valence-corrected chi connectivity index (χ0v) is 18.1. The zero-order valence-electron chi connectivity index (χ0n) is 16.4. The first-order valence-corrected chi connectivity index (χ1v) is 11.4. The van der Waals surface area contributed by atoms with Gasteiger partial charge in [-0.2, -0.15) is 15.1 Å². The second-order valence-electron chi connectivity index (χ2n) is 7.15. The maximum atomic E-state index is 8.95. The molecule has 1 saturated heterocycles. The molecule has 0 bridgehead atoms. The summed E-state index contributed by atoms with van der Waals surface area (Å²) in [7, 11) is -0.0981. The lowest BCUT2D eigenvalue weighted by molar-refractivity contribution is -0.0384. The average molecular weight is 452 g/mol.